The van der Waals surface area contributed by atoms with Crippen LogP contribution >= 0.6 is 0 Å². The maximum atomic E-state index is 12.1. The molecule has 0 aliphatic rings. The number of nitrogens with zero attached hydrogens (tertiary/aromatic N) is 1. The van der Waals surface area contributed by atoms with E-state index in [-0.39, 0.29) is 6.08 Å². The maximum absolute atomic E-state index is 12.1. The molecule has 0 spiro atoms. The fourth-order valence-electron chi connectivity index (χ4n) is 0.871. The summed E-state index contributed by atoms with van der Waals surface area (Å²) in [5.41, 5.74) is -1.97. The van der Waals surface area contributed by atoms with Gasteiger partial charge in [0.25, 0.3) is 11.6 Å². The Hall–Kier alpha value is -1.80. The van der Waals surface area contributed by atoms with E-state index in [2.05, 4.69) is 0 Å². The summed E-state index contributed by atoms with van der Waals surface area (Å²) in [6, 6.07) is 0. The molecular formula is C10H9F6NO2. The molecule has 19 heavy (non-hydrogen) atoms. The van der Waals surface area contributed by atoms with Crippen molar-refractivity contribution < 1.29 is 35.9 Å². The van der Waals surface area contributed by atoms with Crippen LogP contribution in [0.15, 0.2) is 23.9 Å². The maximum Gasteiger partial charge on any atom is 0.455 e. The smallest absolute Gasteiger partial charge is 0.383 e. The van der Waals surface area contributed by atoms with Gasteiger partial charge in [-0.15, -0.1) is 0 Å². The lowest BCUT2D eigenvalue weighted by Crippen LogP contribution is -2.34. The number of carbonyl (C=O) groups excluding carboxylic acids is 2. The SMILES string of the molecule is CN(C)/C=C/C=C(C(=O)C(F)(F)F)C(=O)C(F)(F)F. The van der Waals surface area contributed by atoms with E-state index in [0.717, 1.165) is 12.3 Å². The standard InChI is InChI=1S/C10H9F6NO2/c1-17(2)5-3-4-6(7(18)9(11,12)13)8(19)10(14,15)16/h3-5H,1-2H3/b5-3+. The van der Waals surface area contributed by atoms with Gasteiger partial charge in [-0.1, -0.05) is 0 Å². The van der Waals surface area contributed by atoms with Gasteiger partial charge in [0.05, 0.1) is 5.57 Å². The Bertz CT molecular complexity index is 389. The molecule has 0 aromatic heterocycles. The summed E-state index contributed by atoms with van der Waals surface area (Å²) in [6.45, 7) is 0. The van der Waals surface area contributed by atoms with Crippen molar-refractivity contribution in [3.63, 3.8) is 0 Å². The predicted molar refractivity (Wildman–Crippen MR) is 53.0 cm³/mol. The number of hydrogen-bond donors (Lipinski definition) is 0. The fraction of sp³-hybridized carbons (Fsp3) is 0.400. The van der Waals surface area contributed by atoms with Crippen LogP contribution in [0.3, 0.4) is 0 Å². The van der Waals surface area contributed by atoms with E-state index in [0.29, 0.717) is 0 Å². The second kappa shape index (κ2) is 5.89. The number of carbonyl (C=O) groups is 2. The highest BCUT2D eigenvalue weighted by molar-refractivity contribution is 6.23. The Kier molecular flexibility index (Phi) is 5.34. The van der Waals surface area contributed by atoms with Crippen LogP contribution in [-0.2, 0) is 9.59 Å². The van der Waals surface area contributed by atoms with Gasteiger partial charge in [-0.3, -0.25) is 9.59 Å². The predicted octanol–water partition coefficient (Wildman–Crippen LogP) is 2.25. The van der Waals surface area contributed by atoms with Crippen molar-refractivity contribution in [2.75, 3.05) is 14.1 Å². The molecule has 0 fully saturated rings. The lowest BCUT2D eigenvalue weighted by molar-refractivity contribution is -0.175. The summed E-state index contributed by atoms with van der Waals surface area (Å²) in [5.74, 6) is -5.67. The molecule has 0 aliphatic carbocycles. The molecule has 0 amide bonds. The third-order valence-corrected chi connectivity index (χ3v) is 1.65. The van der Waals surface area contributed by atoms with Crippen molar-refractivity contribution in [1.82, 2.24) is 4.90 Å². The van der Waals surface area contributed by atoms with Gasteiger partial charge in [-0.25, -0.2) is 0 Å². The van der Waals surface area contributed by atoms with Crippen molar-refractivity contribution in [2.24, 2.45) is 0 Å². The molecular weight excluding hydrogens is 280 g/mol. The Balaban J connectivity index is 5.53. The number of allylic oxidation sites excluding steroid dienone is 3. The van der Waals surface area contributed by atoms with Crippen LogP contribution in [0.4, 0.5) is 26.3 Å². The molecule has 3 nitrogen and oxygen atoms in total. The summed E-state index contributed by atoms with van der Waals surface area (Å²) in [7, 11) is 2.89. The Morgan fingerprint density at radius 2 is 1.26 bits per heavy atom. The van der Waals surface area contributed by atoms with Crippen molar-refractivity contribution >= 4 is 11.6 Å². The first-order valence-corrected chi connectivity index (χ1v) is 4.65. The average molecular weight is 289 g/mol. The molecule has 0 bridgehead atoms. The first-order valence-electron chi connectivity index (χ1n) is 4.65. The van der Waals surface area contributed by atoms with Crippen LogP contribution in [0, 0.1) is 0 Å². The summed E-state index contributed by atoms with van der Waals surface area (Å²) in [4.78, 5) is 22.8. The van der Waals surface area contributed by atoms with Gasteiger partial charge in [-0.05, 0) is 18.4 Å². The molecule has 0 rings (SSSR count). The van der Waals surface area contributed by atoms with Crippen LogP contribution in [-0.4, -0.2) is 42.9 Å². The molecule has 0 N–H and O–H groups in total. The van der Waals surface area contributed by atoms with Gasteiger partial charge in [0.15, 0.2) is 0 Å². The van der Waals surface area contributed by atoms with E-state index in [1.807, 2.05) is 0 Å². The van der Waals surface area contributed by atoms with E-state index >= 15 is 0 Å². The molecule has 0 saturated heterocycles. The molecule has 0 atom stereocenters. The molecule has 0 aromatic rings. The van der Waals surface area contributed by atoms with Gasteiger partial charge >= 0.3 is 12.4 Å². The van der Waals surface area contributed by atoms with E-state index in [4.69, 9.17) is 0 Å². The van der Waals surface area contributed by atoms with Crippen LogP contribution in [0.1, 0.15) is 0 Å². The summed E-state index contributed by atoms with van der Waals surface area (Å²) >= 11 is 0. The van der Waals surface area contributed by atoms with E-state index in [1.54, 1.807) is 0 Å². The fourth-order valence-corrected chi connectivity index (χ4v) is 0.871. The van der Waals surface area contributed by atoms with E-state index in [1.165, 1.54) is 19.0 Å². The summed E-state index contributed by atoms with van der Waals surface area (Å²) in [6.07, 6.45) is -9.11. The Labute approximate surface area is 104 Å². The minimum atomic E-state index is -5.56. The van der Waals surface area contributed by atoms with Crippen molar-refractivity contribution in [1.29, 1.82) is 0 Å². The number of alkyl halides is 6. The van der Waals surface area contributed by atoms with Gasteiger partial charge in [0.1, 0.15) is 0 Å². The van der Waals surface area contributed by atoms with Crippen LogP contribution in [0.2, 0.25) is 0 Å². The van der Waals surface area contributed by atoms with Crippen LogP contribution < -0.4 is 0 Å². The van der Waals surface area contributed by atoms with E-state index < -0.39 is 29.5 Å². The molecule has 0 radical (unpaired) electrons. The highest BCUT2D eigenvalue weighted by Gasteiger charge is 2.49. The van der Waals surface area contributed by atoms with Gasteiger partial charge in [-0.2, -0.15) is 26.3 Å². The number of hydrogen-bond acceptors (Lipinski definition) is 3. The lowest BCUT2D eigenvalue weighted by Gasteiger charge is -2.10. The van der Waals surface area contributed by atoms with Crippen LogP contribution in [0.5, 0.6) is 0 Å². The highest BCUT2D eigenvalue weighted by Crippen LogP contribution is 2.27. The molecule has 0 unspecified atom stereocenters. The summed E-state index contributed by atoms with van der Waals surface area (Å²) in [5, 5.41) is 0. The van der Waals surface area contributed by atoms with E-state index in [9.17, 15) is 35.9 Å². The second-order valence-electron chi connectivity index (χ2n) is 3.54. The van der Waals surface area contributed by atoms with Gasteiger partial charge < -0.3 is 4.90 Å². The highest BCUT2D eigenvalue weighted by atomic mass is 19.4. The van der Waals surface area contributed by atoms with Crippen molar-refractivity contribution in [2.45, 2.75) is 12.4 Å². The molecule has 0 aliphatic heterocycles. The molecule has 108 valence electrons. The quantitative estimate of drug-likeness (QED) is 0.262. The first-order chi connectivity index (χ1) is 8.37. The largest absolute Gasteiger partial charge is 0.455 e. The minimum absolute atomic E-state index is 0.186. The Morgan fingerprint density at radius 1 is 0.895 bits per heavy atom. The van der Waals surface area contributed by atoms with Crippen molar-refractivity contribution in [3.05, 3.63) is 23.9 Å². The third kappa shape index (κ3) is 5.58. The number of ketones is 2. The normalized spacial score (nSPS) is 12.4. The van der Waals surface area contributed by atoms with Gasteiger partial charge in [0, 0.05) is 14.1 Å². The zero-order valence-corrected chi connectivity index (χ0v) is 9.76. The third-order valence-electron chi connectivity index (χ3n) is 1.65. The topological polar surface area (TPSA) is 37.4 Å². The van der Waals surface area contributed by atoms with Crippen molar-refractivity contribution in [3.8, 4) is 0 Å². The number of halogens is 6. The van der Waals surface area contributed by atoms with Crippen LogP contribution in [0.25, 0.3) is 0 Å². The average Bonchev–Trinajstić information content (AvgIpc) is 2.19. The molecule has 0 aromatic carbocycles. The first kappa shape index (κ1) is 17.2. The molecule has 0 saturated carbocycles. The van der Waals surface area contributed by atoms with Gasteiger partial charge in [0.2, 0.25) is 0 Å². The molecule has 9 heteroatoms. The monoisotopic (exact) mass is 289 g/mol. The number of Topliss-reactive ketones (excluding diaryl/α,β-unsaturated/α-hetero) is 2. The second-order valence-corrected chi connectivity index (χ2v) is 3.54. The zero-order chi connectivity index (χ0) is 15.4. The minimum Gasteiger partial charge on any atom is -0.383 e. The molecule has 0 heterocycles. The summed E-state index contributed by atoms with van der Waals surface area (Å²) < 4.78 is 72.5. The number of rotatable bonds is 4. The Morgan fingerprint density at radius 3 is 1.53 bits per heavy atom. The zero-order valence-electron chi connectivity index (χ0n) is 9.76. The lowest BCUT2D eigenvalue weighted by atomic mass is 10.1.